The molecule has 0 heterocycles. The molecule has 0 saturated heterocycles. The molecule has 4 heteroatoms. The van der Waals surface area contributed by atoms with E-state index in [2.05, 4.69) is 6.08 Å². The fraction of sp³-hybridized carbons (Fsp3) is 0.375. The molecule has 2 atom stereocenters. The van der Waals surface area contributed by atoms with E-state index in [1.165, 1.54) is 0 Å². The molecule has 2 rings (SSSR count). The fourth-order valence-corrected chi connectivity index (χ4v) is 2.52. The summed E-state index contributed by atoms with van der Waals surface area (Å²) in [5.74, 6) is -1.00. The molecule has 3 N–H and O–H groups in total. The van der Waals surface area contributed by atoms with E-state index < -0.39 is 17.4 Å². The topological polar surface area (TPSA) is 80.4 Å². The van der Waals surface area contributed by atoms with Gasteiger partial charge in [0.05, 0.1) is 0 Å². The number of carbonyl (C=O) groups is 2. The summed E-state index contributed by atoms with van der Waals surface area (Å²) in [6.45, 7) is 1.95. The molecule has 0 radical (unpaired) electrons. The third kappa shape index (κ3) is 2.80. The Bertz CT molecular complexity index is 547. The summed E-state index contributed by atoms with van der Waals surface area (Å²) in [7, 11) is 0. The van der Waals surface area contributed by atoms with Crippen molar-refractivity contribution in [2.75, 3.05) is 0 Å². The summed E-state index contributed by atoms with van der Waals surface area (Å²) in [6.07, 6.45) is 6.92. The molecule has 0 aromatic heterocycles. The molecule has 0 aliphatic heterocycles. The molecule has 1 aromatic carbocycles. The van der Waals surface area contributed by atoms with Crippen molar-refractivity contribution < 1.29 is 14.7 Å². The average Bonchev–Trinajstić information content (AvgIpc) is 2.46. The number of carbonyl (C=O) groups excluding carboxylic acids is 1. The number of rotatable bonds is 4. The number of carboxylic acid groups (broad SMARTS) is 1. The standard InChI is InChI=1S/C16H19NO3/c1-16(9-3-2-4-10-16)14(18)12-7-5-11(6-8-12)13(17)15(19)20/h3,5-9,13H,2,4,10,17H2,1H3,(H,19,20). The SMILES string of the molecule is CC1(C(=O)c2ccc(C(N)C(=O)O)cc2)C=CCCC1. The van der Waals surface area contributed by atoms with E-state index >= 15 is 0 Å². The summed E-state index contributed by atoms with van der Waals surface area (Å²) < 4.78 is 0. The Hall–Kier alpha value is -1.94. The van der Waals surface area contributed by atoms with Crippen molar-refractivity contribution in [2.45, 2.75) is 32.2 Å². The van der Waals surface area contributed by atoms with Gasteiger partial charge in [-0.25, -0.2) is 0 Å². The van der Waals surface area contributed by atoms with Gasteiger partial charge in [0.1, 0.15) is 6.04 Å². The molecular formula is C16H19NO3. The van der Waals surface area contributed by atoms with Gasteiger partial charge in [-0.2, -0.15) is 0 Å². The largest absolute Gasteiger partial charge is 0.480 e. The lowest BCUT2D eigenvalue weighted by Crippen LogP contribution is -2.27. The van der Waals surface area contributed by atoms with Crippen LogP contribution in [0.3, 0.4) is 0 Å². The molecular weight excluding hydrogens is 254 g/mol. The van der Waals surface area contributed by atoms with Crippen LogP contribution in [0.5, 0.6) is 0 Å². The van der Waals surface area contributed by atoms with Crippen molar-refractivity contribution in [3.8, 4) is 0 Å². The zero-order chi connectivity index (χ0) is 14.8. The lowest BCUT2D eigenvalue weighted by molar-refractivity contribution is -0.138. The first-order valence-corrected chi connectivity index (χ1v) is 6.75. The predicted octanol–water partition coefficient (Wildman–Crippen LogP) is 2.70. The minimum Gasteiger partial charge on any atom is -0.480 e. The predicted molar refractivity (Wildman–Crippen MR) is 76.4 cm³/mol. The van der Waals surface area contributed by atoms with Crippen LogP contribution in [0.4, 0.5) is 0 Å². The van der Waals surface area contributed by atoms with Crippen molar-refractivity contribution in [1.29, 1.82) is 0 Å². The van der Waals surface area contributed by atoms with Gasteiger partial charge < -0.3 is 10.8 Å². The van der Waals surface area contributed by atoms with Crippen LogP contribution in [0.25, 0.3) is 0 Å². The third-order valence-electron chi connectivity index (χ3n) is 3.87. The molecule has 0 amide bonds. The molecule has 1 aliphatic rings. The van der Waals surface area contributed by atoms with E-state index in [4.69, 9.17) is 10.8 Å². The van der Waals surface area contributed by atoms with Gasteiger partial charge in [-0.1, -0.05) is 36.4 Å². The number of nitrogens with two attached hydrogens (primary N) is 1. The summed E-state index contributed by atoms with van der Waals surface area (Å²) in [4.78, 5) is 23.4. The summed E-state index contributed by atoms with van der Waals surface area (Å²) in [5, 5.41) is 8.86. The summed E-state index contributed by atoms with van der Waals surface area (Å²) in [6, 6.07) is 5.50. The molecule has 1 aromatic rings. The van der Waals surface area contributed by atoms with Crippen LogP contribution in [-0.2, 0) is 4.79 Å². The highest BCUT2D eigenvalue weighted by Crippen LogP contribution is 2.34. The second kappa shape index (κ2) is 5.59. The van der Waals surface area contributed by atoms with E-state index in [9.17, 15) is 9.59 Å². The molecule has 0 fully saturated rings. The van der Waals surface area contributed by atoms with Crippen molar-refractivity contribution >= 4 is 11.8 Å². The van der Waals surface area contributed by atoms with Crippen LogP contribution < -0.4 is 5.73 Å². The smallest absolute Gasteiger partial charge is 0.325 e. The maximum absolute atomic E-state index is 12.5. The first-order valence-electron chi connectivity index (χ1n) is 6.75. The number of Topliss-reactive ketones (excluding diaryl/α,β-unsaturated/α-hetero) is 1. The van der Waals surface area contributed by atoms with E-state index in [0.29, 0.717) is 11.1 Å². The lowest BCUT2D eigenvalue weighted by atomic mass is 9.75. The number of aliphatic carboxylic acids is 1. The highest BCUT2D eigenvalue weighted by Gasteiger charge is 2.32. The van der Waals surface area contributed by atoms with Gasteiger partial charge in [0.15, 0.2) is 5.78 Å². The van der Waals surface area contributed by atoms with E-state index in [-0.39, 0.29) is 5.78 Å². The Labute approximate surface area is 118 Å². The first kappa shape index (κ1) is 14.5. The van der Waals surface area contributed by atoms with Crippen LogP contribution in [-0.4, -0.2) is 16.9 Å². The van der Waals surface area contributed by atoms with Gasteiger partial charge in [-0.15, -0.1) is 0 Å². The van der Waals surface area contributed by atoms with Gasteiger partial charge in [-0.05, 0) is 31.7 Å². The Morgan fingerprint density at radius 3 is 2.45 bits per heavy atom. The minimum atomic E-state index is -1.08. The highest BCUT2D eigenvalue weighted by atomic mass is 16.4. The second-order valence-electron chi connectivity index (χ2n) is 5.48. The quantitative estimate of drug-likeness (QED) is 0.653. The Kier molecular flexibility index (Phi) is 4.04. The Balaban J connectivity index is 2.22. The minimum absolute atomic E-state index is 0.0731. The van der Waals surface area contributed by atoms with E-state index in [1.54, 1.807) is 24.3 Å². The molecule has 4 nitrogen and oxygen atoms in total. The Morgan fingerprint density at radius 2 is 1.95 bits per heavy atom. The Morgan fingerprint density at radius 1 is 1.30 bits per heavy atom. The first-order chi connectivity index (χ1) is 9.44. The maximum Gasteiger partial charge on any atom is 0.325 e. The van der Waals surface area contributed by atoms with Gasteiger partial charge in [-0.3, -0.25) is 9.59 Å². The van der Waals surface area contributed by atoms with Crippen LogP contribution in [0.2, 0.25) is 0 Å². The van der Waals surface area contributed by atoms with E-state index in [1.807, 2.05) is 13.0 Å². The number of hydrogen-bond acceptors (Lipinski definition) is 3. The zero-order valence-electron chi connectivity index (χ0n) is 11.5. The molecule has 0 saturated carbocycles. The second-order valence-corrected chi connectivity index (χ2v) is 5.48. The summed E-state index contributed by atoms with van der Waals surface area (Å²) in [5.41, 5.74) is 6.18. The van der Waals surface area contributed by atoms with Crippen molar-refractivity contribution in [2.24, 2.45) is 11.1 Å². The lowest BCUT2D eigenvalue weighted by Gasteiger charge is -2.27. The maximum atomic E-state index is 12.5. The van der Waals surface area contributed by atoms with Crippen LogP contribution in [0.15, 0.2) is 36.4 Å². The number of allylic oxidation sites excluding steroid dienone is 2. The van der Waals surface area contributed by atoms with Gasteiger partial charge in [0.25, 0.3) is 0 Å². The van der Waals surface area contributed by atoms with Gasteiger partial charge in [0.2, 0.25) is 0 Å². The molecule has 0 bridgehead atoms. The molecule has 1 aliphatic carbocycles. The third-order valence-corrected chi connectivity index (χ3v) is 3.87. The number of hydrogen-bond donors (Lipinski definition) is 2. The fourth-order valence-electron chi connectivity index (χ4n) is 2.52. The van der Waals surface area contributed by atoms with Crippen LogP contribution in [0, 0.1) is 5.41 Å². The highest BCUT2D eigenvalue weighted by molar-refractivity contribution is 6.01. The normalized spacial score (nSPS) is 23.3. The summed E-state index contributed by atoms with van der Waals surface area (Å²) >= 11 is 0. The van der Waals surface area contributed by atoms with Gasteiger partial charge in [0, 0.05) is 11.0 Å². The van der Waals surface area contributed by atoms with Crippen LogP contribution >= 0.6 is 0 Å². The molecule has 2 unspecified atom stereocenters. The number of carboxylic acids is 1. The number of benzene rings is 1. The molecule has 0 spiro atoms. The zero-order valence-corrected chi connectivity index (χ0v) is 11.5. The van der Waals surface area contributed by atoms with Crippen molar-refractivity contribution in [1.82, 2.24) is 0 Å². The monoisotopic (exact) mass is 273 g/mol. The molecule has 20 heavy (non-hydrogen) atoms. The van der Waals surface area contributed by atoms with E-state index in [0.717, 1.165) is 19.3 Å². The van der Waals surface area contributed by atoms with Crippen molar-refractivity contribution in [3.63, 3.8) is 0 Å². The average molecular weight is 273 g/mol. The van der Waals surface area contributed by atoms with Gasteiger partial charge >= 0.3 is 5.97 Å². The van der Waals surface area contributed by atoms with Crippen molar-refractivity contribution in [3.05, 3.63) is 47.5 Å². The molecule has 106 valence electrons. The van der Waals surface area contributed by atoms with Crippen LogP contribution in [0.1, 0.15) is 48.1 Å². The number of ketones is 1.